The lowest BCUT2D eigenvalue weighted by Gasteiger charge is -2.18. The van der Waals surface area contributed by atoms with Crippen molar-refractivity contribution in [2.45, 2.75) is 44.6 Å². The van der Waals surface area contributed by atoms with Crippen LogP contribution in [0.5, 0.6) is 0 Å². The SMILES string of the molecule is CC(=O)Nc1ccc(NC(=O)[C@@H](C)Sc2nc3ccc(Cl)cc3c(=O)n2CC(C)C)cc1. The summed E-state index contributed by atoms with van der Waals surface area (Å²) in [6, 6.07) is 11.9. The largest absolute Gasteiger partial charge is 0.326 e. The normalized spacial score (nSPS) is 12.1. The first-order chi connectivity index (χ1) is 15.1. The molecule has 0 saturated carbocycles. The first-order valence-corrected chi connectivity index (χ1v) is 11.4. The topological polar surface area (TPSA) is 93.1 Å². The first-order valence-electron chi connectivity index (χ1n) is 10.2. The number of aromatic nitrogens is 2. The fourth-order valence-corrected chi connectivity index (χ4v) is 4.17. The molecule has 2 amide bonds. The lowest BCUT2D eigenvalue weighted by molar-refractivity contribution is -0.115. The highest BCUT2D eigenvalue weighted by Gasteiger charge is 2.20. The highest BCUT2D eigenvalue weighted by atomic mass is 35.5. The predicted molar refractivity (Wildman–Crippen MR) is 131 cm³/mol. The van der Waals surface area contributed by atoms with Crippen LogP contribution < -0.4 is 16.2 Å². The van der Waals surface area contributed by atoms with Crippen molar-refractivity contribution >= 4 is 57.5 Å². The number of rotatable bonds is 7. The van der Waals surface area contributed by atoms with Crippen molar-refractivity contribution in [3.8, 4) is 0 Å². The molecule has 2 aromatic carbocycles. The zero-order valence-electron chi connectivity index (χ0n) is 18.3. The Bertz CT molecular complexity index is 1210. The summed E-state index contributed by atoms with van der Waals surface area (Å²) >= 11 is 7.31. The van der Waals surface area contributed by atoms with Gasteiger partial charge in [0.05, 0.1) is 16.2 Å². The average molecular weight is 473 g/mol. The number of amides is 2. The Kier molecular flexibility index (Phi) is 7.58. The van der Waals surface area contributed by atoms with E-state index in [4.69, 9.17) is 11.6 Å². The van der Waals surface area contributed by atoms with Gasteiger partial charge in [0.25, 0.3) is 5.56 Å². The summed E-state index contributed by atoms with van der Waals surface area (Å²) in [6.07, 6.45) is 0. The smallest absolute Gasteiger partial charge is 0.262 e. The molecule has 0 spiro atoms. The molecule has 1 heterocycles. The van der Waals surface area contributed by atoms with Crippen LogP contribution >= 0.6 is 23.4 Å². The molecular weight excluding hydrogens is 448 g/mol. The molecular formula is C23H25ClN4O3S. The third-order valence-electron chi connectivity index (χ3n) is 4.55. The number of halogens is 1. The second-order valence-electron chi connectivity index (χ2n) is 7.87. The summed E-state index contributed by atoms with van der Waals surface area (Å²) in [7, 11) is 0. The molecule has 0 fully saturated rings. The number of benzene rings is 2. The van der Waals surface area contributed by atoms with Gasteiger partial charge in [0.1, 0.15) is 0 Å². The standard InChI is InChI=1S/C23H25ClN4O3S/c1-13(2)12-28-22(31)19-11-16(24)5-10-20(19)27-23(28)32-14(3)21(30)26-18-8-6-17(7-9-18)25-15(4)29/h5-11,13-14H,12H2,1-4H3,(H,25,29)(H,26,30)/t14-/m1/s1. The van der Waals surface area contributed by atoms with Crippen LogP contribution in [0, 0.1) is 5.92 Å². The fourth-order valence-electron chi connectivity index (χ4n) is 3.08. The highest BCUT2D eigenvalue weighted by molar-refractivity contribution is 8.00. The van der Waals surface area contributed by atoms with Crippen molar-refractivity contribution in [3.63, 3.8) is 0 Å². The van der Waals surface area contributed by atoms with Crippen molar-refractivity contribution in [2.24, 2.45) is 5.92 Å². The zero-order valence-corrected chi connectivity index (χ0v) is 19.9. The summed E-state index contributed by atoms with van der Waals surface area (Å²) in [5.41, 5.74) is 1.63. The molecule has 2 N–H and O–H groups in total. The molecule has 0 aliphatic carbocycles. The molecule has 0 saturated heterocycles. The van der Waals surface area contributed by atoms with E-state index < -0.39 is 5.25 Å². The predicted octanol–water partition coefficient (Wildman–Crippen LogP) is 4.78. The molecule has 0 aliphatic rings. The Labute approximate surface area is 195 Å². The number of hydrogen-bond donors (Lipinski definition) is 2. The van der Waals surface area contributed by atoms with Crippen LogP contribution in [0.2, 0.25) is 5.02 Å². The highest BCUT2D eigenvalue weighted by Crippen LogP contribution is 2.25. The molecule has 0 aliphatic heterocycles. The van der Waals surface area contributed by atoms with Gasteiger partial charge < -0.3 is 10.6 Å². The van der Waals surface area contributed by atoms with Gasteiger partial charge in [0.15, 0.2) is 5.16 Å². The van der Waals surface area contributed by atoms with E-state index in [1.165, 1.54) is 18.7 Å². The summed E-state index contributed by atoms with van der Waals surface area (Å²) in [5.74, 6) is -0.162. The quantitative estimate of drug-likeness (QED) is 0.381. The van der Waals surface area contributed by atoms with Gasteiger partial charge in [-0.3, -0.25) is 19.0 Å². The van der Waals surface area contributed by atoms with E-state index in [2.05, 4.69) is 15.6 Å². The molecule has 0 unspecified atom stereocenters. The van der Waals surface area contributed by atoms with E-state index in [9.17, 15) is 14.4 Å². The Morgan fingerprint density at radius 3 is 2.28 bits per heavy atom. The van der Waals surface area contributed by atoms with Crippen molar-refractivity contribution in [2.75, 3.05) is 10.6 Å². The minimum absolute atomic E-state index is 0.163. The second kappa shape index (κ2) is 10.2. The third-order valence-corrected chi connectivity index (χ3v) is 5.88. The van der Waals surface area contributed by atoms with Crippen LogP contribution in [-0.4, -0.2) is 26.6 Å². The Balaban J connectivity index is 1.82. The zero-order chi connectivity index (χ0) is 23.4. The number of nitrogens with zero attached hydrogens (tertiary/aromatic N) is 2. The van der Waals surface area contributed by atoms with Crippen LogP contribution in [0.15, 0.2) is 52.4 Å². The monoisotopic (exact) mass is 472 g/mol. The van der Waals surface area contributed by atoms with Gasteiger partial charge in [-0.2, -0.15) is 0 Å². The first kappa shape index (κ1) is 23.8. The number of anilines is 2. The van der Waals surface area contributed by atoms with Crippen LogP contribution in [0.3, 0.4) is 0 Å². The number of thioether (sulfide) groups is 1. The number of carbonyl (C=O) groups excluding carboxylic acids is 2. The van der Waals surface area contributed by atoms with Gasteiger partial charge >= 0.3 is 0 Å². The third kappa shape index (κ3) is 5.89. The molecule has 1 atom stereocenters. The van der Waals surface area contributed by atoms with Gasteiger partial charge in [-0.25, -0.2) is 4.98 Å². The van der Waals surface area contributed by atoms with Gasteiger partial charge in [-0.15, -0.1) is 0 Å². The van der Waals surface area contributed by atoms with Crippen LogP contribution in [0.4, 0.5) is 11.4 Å². The number of carbonyl (C=O) groups is 2. The van der Waals surface area contributed by atoms with E-state index in [0.29, 0.717) is 39.0 Å². The van der Waals surface area contributed by atoms with E-state index in [-0.39, 0.29) is 23.3 Å². The molecule has 1 aromatic heterocycles. The number of fused-ring (bicyclic) bond motifs is 1. The van der Waals surface area contributed by atoms with Crippen molar-refractivity contribution in [1.29, 1.82) is 0 Å². The Morgan fingerprint density at radius 1 is 1.06 bits per heavy atom. The summed E-state index contributed by atoms with van der Waals surface area (Å²) < 4.78 is 1.61. The summed E-state index contributed by atoms with van der Waals surface area (Å²) in [5, 5.41) is 6.46. The lowest BCUT2D eigenvalue weighted by atomic mass is 10.2. The molecule has 3 aromatic rings. The van der Waals surface area contributed by atoms with Gasteiger partial charge in [0, 0.05) is 29.9 Å². The van der Waals surface area contributed by atoms with Crippen LogP contribution in [-0.2, 0) is 16.1 Å². The fraction of sp³-hybridized carbons (Fsp3) is 0.304. The van der Waals surface area contributed by atoms with E-state index in [0.717, 1.165) is 0 Å². The lowest BCUT2D eigenvalue weighted by Crippen LogP contribution is -2.28. The maximum Gasteiger partial charge on any atom is 0.262 e. The minimum Gasteiger partial charge on any atom is -0.326 e. The number of hydrogen-bond acceptors (Lipinski definition) is 5. The average Bonchev–Trinajstić information content (AvgIpc) is 2.72. The maximum absolute atomic E-state index is 13.1. The molecule has 168 valence electrons. The van der Waals surface area contributed by atoms with Gasteiger partial charge in [-0.1, -0.05) is 37.2 Å². The van der Waals surface area contributed by atoms with E-state index in [1.54, 1.807) is 54.0 Å². The number of nitrogens with one attached hydrogen (secondary N) is 2. The second-order valence-corrected chi connectivity index (χ2v) is 9.62. The van der Waals surface area contributed by atoms with Crippen LogP contribution in [0.25, 0.3) is 10.9 Å². The summed E-state index contributed by atoms with van der Waals surface area (Å²) in [4.78, 5) is 41.7. The molecule has 32 heavy (non-hydrogen) atoms. The molecule has 7 nitrogen and oxygen atoms in total. The molecule has 0 bridgehead atoms. The van der Waals surface area contributed by atoms with E-state index >= 15 is 0 Å². The van der Waals surface area contributed by atoms with E-state index in [1.807, 2.05) is 13.8 Å². The van der Waals surface area contributed by atoms with Crippen LogP contribution in [0.1, 0.15) is 27.7 Å². The molecule has 9 heteroatoms. The summed E-state index contributed by atoms with van der Waals surface area (Å²) in [6.45, 7) is 7.72. The van der Waals surface area contributed by atoms with Gasteiger partial charge in [0.2, 0.25) is 11.8 Å². The Morgan fingerprint density at radius 2 is 1.69 bits per heavy atom. The maximum atomic E-state index is 13.1. The van der Waals surface area contributed by atoms with Crippen molar-refractivity contribution < 1.29 is 9.59 Å². The van der Waals surface area contributed by atoms with Crippen molar-refractivity contribution in [3.05, 3.63) is 57.8 Å². The van der Waals surface area contributed by atoms with Crippen molar-refractivity contribution in [1.82, 2.24) is 9.55 Å². The Hall–Kier alpha value is -2.84. The molecule has 3 rings (SSSR count). The minimum atomic E-state index is -0.500. The van der Waals surface area contributed by atoms with Gasteiger partial charge in [-0.05, 0) is 55.3 Å². The molecule has 0 radical (unpaired) electrons.